The Bertz CT molecular complexity index is 412. The van der Waals surface area contributed by atoms with Crippen molar-refractivity contribution < 1.29 is 9.90 Å². The molecule has 1 atom stereocenters. The fraction of sp³-hybridized carbons (Fsp3) is 0.500. The lowest BCUT2D eigenvalue weighted by Crippen LogP contribution is -2.48. The van der Waals surface area contributed by atoms with Crippen LogP contribution in [-0.2, 0) is 4.79 Å². The molecule has 2 rings (SSSR count). The Morgan fingerprint density at radius 1 is 1.44 bits per heavy atom. The van der Waals surface area contributed by atoms with Gasteiger partial charge < -0.3 is 5.11 Å². The summed E-state index contributed by atoms with van der Waals surface area (Å²) in [5.41, 5.74) is 1.31. The summed E-state index contributed by atoms with van der Waals surface area (Å²) in [4.78, 5) is 14.2. The molecule has 1 aromatic rings. The third kappa shape index (κ3) is 3.06. The number of aliphatic carboxylic acids is 1. The Morgan fingerprint density at radius 2 is 2.06 bits per heavy atom. The number of thioether (sulfide) groups is 1. The first kappa shape index (κ1) is 13.4. The topological polar surface area (TPSA) is 40.5 Å². The van der Waals surface area contributed by atoms with Gasteiger partial charge in [-0.2, -0.15) is 0 Å². The van der Waals surface area contributed by atoms with Crippen molar-refractivity contribution in [3.63, 3.8) is 0 Å². The molecule has 3 nitrogen and oxygen atoms in total. The molecule has 18 heavy (non-hydrogen) atoms. The first-order chi connectivity index (χ1) is 8.60. The van der Waals surface area contributed by atoms with Crippen LogP contribution in [0.4, 0.5) is 0 Å². The average molecular weight is 265 g/mol. The van der Waals surface area contributed by atoms with Crippen LogP contribution in [0.15, 0.2) is 29.2 Å². The number of benzene rings is 1. The number of carboxylic acids is 1. The monoisotopic (exact) mass is 265 g/mol. The van der Waals surface area contributed by atoms with Crippen molar-refractivity contribution in [2.45, 2.75) is 24.3 Å². The van der Waals surface area contributed by atoms with Crippen molar-refractivity contribution in [2.24, 2.45) is 5.92 Å². The van der Waals surface area contributed by atoms with Crippen LogP contribution in [0.25, 0.3) is 0 Å². The lowest BCUT2D eigenvalue weighted by molar-refractivity contribution is -0.139. The van der Waals surface area contributed by atoms with Gasteiger partial charge in [-0.3, -0.25) is 9.69 Å². The Balaban J connectivity index is 1.88. The van der Waals surface area contributed by atoms with E-state index in [9.17, 15) is 4.79 Å². The summed E-state index contributed by atoms with van der Waals surface area (Å²) < 4.78 is 0. The van der Waals surface area contributed by atoms with Gasteiger partial charge in [0, 0.05) is 24.0 Å². The van der Waals surface area contributed by atoms with E-state index in [0.29, 0.717) is 18.4 Å². The van der Waals surface area contributed by atoms with Gasteiger partial charge in [-0.25, -0.2) is 0 Å². The highest BCUT2D eigenvalue weighted by atomic mass is 32.2. The molecular formula is C14H19NO2S. The fourth-order valence-electron chi connectivity index (χ4n) is 2.40. The molecule has 0 aromatic heterocycles. The van der Waals surface area contributed by atoms with E-state index in [-0.39, 0.29) is 0 Å². The largest absolute Gasteiger partial charge is 0.481 e. The lowest BCUT2D eigenvalue weighted by atomic mass is 9.92. The van der Waals surface area contributed by atoms with E-state index in [1.165, 1.54) is 10.5 Å². The van der Waals surface area contributed by atoms with Crippen molar-refractivity contribution in [3.05, 3.63) is 29.8 Å². The zero-order valence-electron chi connectivity index (χ0n) is 10.8. The van der Waals surface area contributed by atoms with Gasteiger partial charge in [-0.05, 0) is 36.8 Å². The molecule has 1 saturated heterocycles. The summed E-state index contributed by atoms with van der Waals surface area (Å²) in [6.07, 6.45) is 2.37. The zero-order chi connectivity index (χ0) is 13.1. The summed E-state index contributed by atoms with van der Waals surface area (Å²) in [6, 6.07) is 9.00. The Hall–Kier alpha value is -1.00. The van der Waals surface area contributed by atoms with E-state index in [2.05, 4.69) is 42.3 Å². The summed E-state index contributed by atoms with van der Waals surface area (Å²) in [7, 11) is 0. The molecule has 1 aromatic carbocycles. The zero-order valence-corrected chi connectivity index (χ0v) is 11.6. The van der Waals surface area contributed by atoms with Crippen LogP contribution >= 0.6 is 11.8 Å². The third-order valence-electron chi connectivity index (χ3n) is 3.59. The average Bonchev–Trinajstić information content (AvgIpc) is 2.32. The van der Waals surface area contributed by atoms with Crippen LogP contribution < -0.4 is 0 Å². The second-order valence-electron chi connectivity index (χ2n) is 4.87. The minimum absolute atomic E-state index is 0.300. The number of nitrogens with zero attached hydrogens (tertiary/aromatic N) is 1. The summed E-state index contributed by atoms with van der Waals surface area (Å²) in [5, 5.41) is 8.73. The summed E-state index contributed by atoms with van der Waals surface area (Å²) in [5.74, 6) is -0.355. The molecule has 0 spiro atoms. The van der Waals surface area contributed by atoms with E-state index in [1.54, 1.807) is 11.8 Å². The number of likely N-dealkylation sites (tertiary alicyclic amines) is 1. The van der Waals surface area contributed by atoms with Crippen LogP contribution in [-0.4, -0.2) is 35.3 Å². The molecule has 1 heterocycles. The Labute approximate surface area is 112 Å². The van der Waals surface area contributed by atoms with Crippen LogP contribution in [0, 0.1) is 5.92 Å². The van der Waals surface area contributed by atoms with Crippen LogP contribution in [0.3, 0.4) is 0 Å². The van der Waals surface area contributed by atoms with Crippen molar-refractivity contribution in [3.8, 4) is 0 Å². The Kier molecular flexibility index (Phi) is 4.30. The summed E-state index contributed by atoms with van der Waals surface area (Å²) in [6.45, 7) is 3.99. The number of carbonyl (C=O) groups is 1. The van der Waals surface area contributed by atoms with Crippen LogP contribution in [0.5, 0.6) is 0 Å². The quantitative estimate of drug-likeness (QED) is 0.831. The fourth-order valence-corrected chi connectivity index (χ4v) is 2.80. The maximum Gasteiger partial charge on any atom is 0.303 e. The van der Waals surface area contributed by atoms with Gasteiger partial charge in [-0.15, -0.1) is 11.8 Å². The van der Waals surface area contributed by atoms with Gasteiger partial charge >= 0.3 is 5.97 Å². The second kappa shape index (κ2) is 5.76. The first-order valence-electron chi connectivity index (χ1n) is 6.20. The van der Waals surface area contributed by atoms with Gasteiger partial charge in [0.15, 0.2) is 0 Å². The molecule has 1 aliphatic rings. The summed E-state index contributed by atoms with van der Waals surface area (Å²) >= 11 is 1.75. The molecule has 0 bridgehead atoms. The van der Waals surface area contributed by atoms with E-state index >= 15 is 0 Å². The maximum atomic E-state index is 10.6. The van der Waals surface area contributed by atoms with Gasteiger partial charge in [0.2, 0.25) is 0 Å². The number of hydrogen-bond donors (Lipinski definition) is 1. The van der Waals surface area contributed by atoms with Gasteiger partial charge in [0.05, 0.1) is 6.42 Å². The SMILES string of the molecule is CSc1ccc(C(C)N2CC(CC(=O)O)C2)cc1. The molecule has 1 fully saturated rings. The van der Waals surface area contributed by atoms with Crippen molar-refractivity contribution in [1.82, 2.24) is 4.90 Å². The van der Waals surface area contributed by atoms with E-state index in [4.69, 9.17) is 5.11 Å². The first-order valence-corrected chi connectivity index (χ1v) is 7.42. The molecule has 98 valence electrons. The van der Waals surface area contributed by atoms with Gasteiger partial charge in [0.25, 0.3) is 0 Å². The predicted molar refractivity (Wildman–Crippen MR) is 74.0 cm³/mol. The van der Waals surface area contributed by atoms with Crippen molar-refractivity contribution >= 4 is 17.7 Å². The highest BCUT2D eigenvalue weighted by Gasteiger charge is 2.32. The number of carboxylic acid groups (broad SMARTS) is 1. The molecule has 0 saturated carbocycles. The smallest absolute Gasteiger partial charge is 0.303 e. The maximum absolute atomic E-state index is 10.6. The third-order valence-corrected chi connectivity index (χ3v) is 4.34. The van der Waals surface area contributed by atoms with E-state index < -0.39 is 5.97 Å². The minimum atomic E-state index is -0.684. The molecule has 0 aliphatic carbocycles. The van der Waals surface area contributed by atoms with Crippen molar-refractivity contribution in [1.29, 1.82) is 0 Å². The standard InChI is InChI=1S/C14H19NO2S/c1-10(12-3-5-13(18-2)6-4-12)15-8-11(9-15)7-14(16)17/h3-6,10-11H,7-9H2,1-2H3,(H,16,17). The van der Waals surface area contributed by atoms with Crippen molar-refractivity contribution in [2.75, 3.05) is 19.3 Å². The van der Waals surface area contributed by atoms with E-state index in [0.717, 1.165) is 13.1 Å². The second-order valence-corrected chi connectivity index (χ2v) is 5.75. The minimum Gasteiger partial charge on any atom is -0.481 e. The molecule has 4 heteroatoms. The Morgan fingerprint density at radius 3 is 2.56 bits per heavy atom. The molecule has 0 amide bonds. The van der Waals surface area contributed by atoms with Gasteiger partial charge in [0.1, 0.15) is 0 Å². The molecule has 1 unspecified atom stereocenters. The molecule has 1 aliphatic heterocycles. The molecular weight excluding hydrogens is 246 g/mol. The van der Waals surface area contributed by atoms with Crippen LogP contribution in [0.2, 0.25) is 0 Å². The van der Waals surface area contributed by atoms with E-state index in [1.807, 2.05) is 0 Å². The highest BCUT2D eigenvalue weighted by Crippen LogP contribution is 2.30. The lowest BCUT2D eigenvalue weighted by Gasteiger charge is -2.43. The predicted octanol–water partition coefficient (Wildman–Crippen LogP) is 2.88. The number of hydrogen-bond acceptors (Lipinski definition) is 3. The van der Waals surface area contributed by atoms with Gasteiger partial charge in [-0.1, -0.05) is 12.1 Å². The molecule has 1 N–H and O–H groups in total. The normalized spacial score (nSPS) is 18.3. The number of rotatable bonds is 5. The highest BCUT2D eigenvalue weighted by molar-refractivity contribution is 7.98. The van der Waals surface area contributed by atoms with Crippen LogP contribution in [0.1, 0.15) is 24.9 Å². The molecule has 0 radical (unpaired) electrons.